The van der Waals surface area contributed by atoms with Gasteiger partial charge in [0.25, 0.3) is 0 Å². The van der Waals surface area contributed by atoms with E-state index in [2.05, 4.69) is 39.6 Å². The van der Waals surface area contributed by atoms with Crippen molar-refractivity contribution in [1.29, 1.82) is 5.26 Å². The highest BCUT2D eigenvalue weighted by atomic mass is 28.4. The molecule has 0 aromatic heterocycles. The van der Waals surface area contributed by atoms with Crippen LogP contribution >= 0.6 is 0 Å². The van der Waals surface area contributed by atoms with E-state index in [0.29, 0.717) is 11.3 Å². The quantitative estimate of drug-likeness (QED) is 0.688. The summed E-state index contributed by atoms with van der Waals surface area (Å²) < 4.78 is 6.28. The van der Waals surface area contributed by atoms with Gasteiger partial charge in [0.15, 0.2) is 8.32 Å². The number of nitrogens with zero attached hydrogens (tertiary/aromatic N) is 1. The van der Waals surface area contributed by atoms with Crippen molar-refractivity contribution in [3.63, 3.8) is 0 Å². The van der Waals surface area contributed by atoms with E-state index in [-0.39, 0.29) is 0 Å². The van der Waals surface area contributed by atoms with Crippen LogP contribution in [0.15, 0.2) is 0 Å². The van der Waals surface area contributed by atoms with Gasteiger partial charge in [0.05, 0.1) is 6.07 Å². The molecule has 90 valence electrons. The predicted molar refractivity (Wildman–Crippen MR) is 67.4 cm³/mol. The average molecular weight is 237 g/mol. The third-order valence-corrected chi connectivity index (χ3v) is 5.55. The van der Waals surface area contributed by atoms with E-state index in [1.165, 1.54) is 12.8 Å². The Bertz CT molecular complexity index is 337. The van der Waals surface area contributed by atoms with E-state index in [4.69, 9.17) is 4.43 Å². The second kappa shape index (κ2) is 3.33. The minimum atomic E-state index is -1.64. The van der Waals surface area contributed by atoms with E-state index in [9.17, 15) is 5.26 Å². The maximum absolute atomic E-state index is 9.58. The molecule has 1 unspecified atom stereocenters. The number of fused-ring (bicyclic) bond motifs is 2. The van der Waals surface area contributed by atoms with Gasteiger partial charge in [0.2, 0.25) is 0 Å². The zero-order valence-electron chi connectivity index (χ0n) is 11.1. The van der Waals surface area contributed by atoms with Gasteiger partial charge in [-0.2, -0.15) is 5.26 Å². The molecule has 0 aromatic rings. The zero-order chi connectivity index (χ0) is 12.2. The summed E-state index contributed by atoms with van der Waals surface area (Å²) in [5.74, 6) is 1.28. The highest BCUT2D eigenvalue weighted by Gasteiger charge is 2.63. The molecule has 0 radical (unpaired) electrons. The molecule has 0 heterocycles. The van der Waals surface area contributed by atoms with Crippen LogP contribution in [0.3, 0.4) is 0 Å². The first kappa shape index (κ1) is 12.1. The van der Waals surface area contributed by atoms with Crippen molar-refractivity contribution >= 4 is 8.32 Å². The molecule has 3 aliphatic carbocycles. The fourth-order valence-corrected chi connectivity index (χ4v) is 5.07. The molecule has 2 nitrogen and oxygen atoms in total. The topological polar surface area (TPSA) is 33.0 Å². The van der Waals surface area contributed by atoms with Crippen molar-refractivity contribution < 1.29 is 4.43 Å². The van der Waals surface area contributed by atoms with Gasteiger partial charge in [0, 0.05) is 5.92 Å². The van der Waals surface area contributed by atoms with Gasteiger partial charge in [-0.25, -0.2) is 0 Å². The average Bonchev–Trinajstić information content (AvgIpc) is 2.15. The van der Waals surface area contributed by atoms with Crippen LogP contribution in [0.2, 0.25) is 19.6 Å². The van der Waals surface area contributed by atoms with Crippen LogP contribution < -0.4 is 0 Å². The Morgan fingerprint density at radius 2 is 1.94 bits per heavy atom. The molecule has 0 aromatic carbocycles. The summed E-state index contributed by atoms with van der Waals surface area (Å²) in [4.78, 5) is 0. The van der Waals surface area contributed by atoms with Gasteiger partial charge in [-0.1, -0.05) is 13.8 Å². The van der Waals surface area contributed by atoms with Gasteiger partial charge < -0.3 is 4.43 Å². The summed E-state index contributed by atoms with van der Waals surface area (Å²) >= 11 is 0. The van der Waals surface area contributed by atoms with Crippen LogP contribution in [0.5, 0.6) is 0 Å². The molecule has 3 atom stereocenters. The molecule has 3 heteroatoms. The minimum Gasteiger partial charge on any atom is -0.400 e. The lowest BCUT2D eigenvalue weighted by Crippen LogP contribution is -2.63. The van der Waals surface area contributed by atoms with E-state index >= 15 is 0 Å². The lowest BCUT2D eigenvalue weighted by molar-refractivity contribution is -0.166. The van der Waals surface area contributed by atoms with Crippen molar-refractivity contribution in [2.75, 3.05) is 0 Å². The SMILES string of the molecule is CC1(C)[C@H]2CCC(C#N)(O[Si](C)(C)C)[C@@H]1C2. The highest BCUT2D eigenvalue weighted by Crippen LogP contribution is 2.63. The van der Waals surface area contributed by atoms with Crippen LogP contribution in [-0.2, 0) is 4.43 Å². The standard InChI is InChI=1S/C13H23NOSi/c1-12(2)10-6-7-13(9-14,11(12)8-10)15-16(3,4)5/h10-11H,6-8H2,1-5H3/t10-,11+,13?/m0/s1. The molecule has 0 N–H and O–H groups in total. The molecule has 16 heavy (non-hydrogen) atoms. The second-order valence-electron chi connectivity index (χ2n) is 7.06. The first-order valence-electron chi connectivity index (χ1n) is 6.33. The monoisotopic (exact) mass is 237 g/mol. The summed E-state index contributed by atoms with van der Waals surface area (Å²) in [6, 6.07) is 2.53. The number of nitriles is 1. The first-order valence-corrected chi connectivity index (χ1v) is 9.73. The third kappa shape index (κ3) is 1.63. The maximum atomic E-state index is 9.58. The molecule has 0 aliphatic heterocycles. The Morgan fingerprint density at radius 1 is 1.31 bits per heavy atom. The molecule has 3 rings (SSSR count). The van der Waals surface area contributed by atoms with Crippen molar-refractivity contribution in [2.24, 2.45) is 17.3 Å². The van der Waals surface area contributed by atoms with Gasteiger partial charge in [-0.15, -0.1) is 0 Å². The molecular weight excluding hydrogens is 214 g/mol. The fraction of sp³-hybridized carbons (Fsp3) is 0.923. The normalized spacial score (nSPS) is 41.0. The number of rotatable bonds is 2. The van der Waals surface area contributed by atoms with E-state index in [1.807, 2.05) is 0 Å². The first-order chi connectivity index (χ1) is 7.21. The molecule has 3 aliphatic rings. The van der Waals surface area contributed by atoms with Crippen LogP contribution in [-0.4, -0.2) is 13.9 Å². The van der Waals surface area contributed by atoms with Gasteiger partial charge in [0.1, 0.15) is 5.60 Å². The Hall–Kier alpha value is -0.333. The van der Waals surface area contributed by atoms with Gasteiger partial charge >= 0.3 is 0 Å². The van der Waals surface area contributed by atoms with E-state index < -0.39 is 13.9 Å². The third-order valence-electron chi connectivity index (χ3n) is 4.58. The van der Waals surface area contributed by atoms with Crippen molar-refractivity contribution in [3.05, 3.63) is 0 Å². The fourth-order valence-electron chi connectivity index (χ4n) is 3.69. The van der Waals surface area contributed by atoms with Crippen molar-refractivity contribution in [1.82, 2.24) is 0 Å². The van der Waals surface area contributed by atoms with Gasteiger partial charge in [-0.3, -0.25) is 0 Å². The number of hydrogen-bond donors (Lipinski definition) is 0. The molecule has 0 saturated heterocycles. The smallest absolute Gasteiger partial charge is 0.185 e. The molecule has 3 saturated carbocycles. The van der Waals surface area contributed by atoms with Crippen molar-refractivity contribution in [3.8, 4) is 6.07 Å². The lowest BCUT2D eigenvalue weighted by Gasteiger charge is -2.63. The van der Waals surface area contributed by atoms with Crippen molar-refractivity contribution in [2.45, 2.75) is 58.4 Å². The maximum Gasteiger partial charge on any atom is 0.185 e. The summed E-state index contributed by atoms with van der Waals surface area (Å²) in [7, 11) is -1.64. The highest BCUT2D eigenvalue weighted by molar-refractivity contribution is 6.69. The summed E-state index contributed by atoms with van der Waals surface area (Å²) in [6.07, 6.45) is 3.32. The van der Waals surface area contributed by atoms with Gasteiger partial charge in [-0.05, 0) is 50.2 Å². The number of hydrogen-bond acceptors (Lipinski definition) is 2. The molecule has 0 amide bonds. The zero-order valence-corrected chi connectivity index (χ0v) is 12.1. The molecular formula is C13H23NOSi. The van der Waals surface area contributed by atoms with Crippen LogP contribution in [0.1, 0.15) is 33.1 Å². The largest absolute Gasteiger partial charge is 0.400 e. The van der Waals surface area contributed by atoms with Crippen LogP contribution in [0.25, 0.3) is 0 Å². The van der Waals surface area contributed by atoms with E-state index in [0.717, 1.165) is 12.3 Å². The lowest BCUT2D eigenvalue weighted by atomic mass is 9.44. The Morgan fingerprint density at radius 3 is 2.31 bits per heavy atom. The minimum absolute atomic E-state index is 0.313. The Labute approximate surface area is 100 Å². The summed E-state index contributed by atoms with van der Waals surface area (Å²) in [5.41, 5.74) is -0.156. The second-order valence-corrected chi connectivity index (χ2v) is 11.5. The Kier molecular flexibility index (Phi) is 2.53. The Balaban J connectivity index is 2.26. The van der Waals surface area contributed by atoms with Crippen LogP contribution in [0.4, 0.5) is 0 Å². The molecule has 0 spiro atoms. The summed E-state index contributed by atoms with van der Waals surface area (Å²) in [5, 5.41) is 9.58. The summed E-state index contributed by atoms with van der Waals surface area (Å²) in [6.45, 7) is 11.2. The van der Waals surface area contributed by atoms with Crippen LogP contribution in [0, 0.1) is 28.6 Å². The van der Waals surface area contributed by atoms with E-state index in [1.54, 1.807) is 0 Å². The molecule has 3 fully saturated rings. The predicted octanol–water partition coefficient (Wildman–Crippen LogP) is 3.56. The molecule has 2 bridgehead atoms.